The molecular weight excluding hydrogens is 138 g/mol. The smallest absolute Gasteiger partial charge is 0.0696 e. The van der Waals surface area contributed by atoms with E-state index < -0.39 is 0 Å². The van der Waals surface area contributed by atoms with E-state index in [1.807, 2.05) is 0 Å². The molecule has 0 saturated heterocycles. The van der Waals surface area contributed by atoms with Crippen LogP contribution in [0, 0.1) is 0 Å². The minimum atomic E-state index is -0.0580. The summed E-state index contributed by atoms with van der Waals surface area (Å²) in [7, 11) is 0. The van der Waals surface area contributed by atoms with Crippen molar-refractivity contribution in [2.45, 2.75) is 51.8 Å². The standard InChI is InChI=1S/C9H19NO/c1-4-10(7(2)3)8-5-6-9(8)11/h7-9,11H,4-6H2,1-3H3. The highest BCUT2D eigenvalue weighted by Gasteiger charge is 2.34. The molecule has 2 unspecified atom stereocenters. The zero-order valence-corrected chi connectivity index (χ0v) is 7.75. The average molecular weight is 157 g/mol. The third kappa shape index (κ3) is 1.74. The normalized spacial score (nSPS) is 31.1. The molecule has 66 valence electrons. The Labute approximate surface area is 69.2 Å². The lowest BCUT2D eigenvalue weighted by atomic mass is 9.87. The zero-order chi connectivity index (χ0) is 8.43. The van der Waals surface area contributed by atoms with Gasteiger partial charge in [0.25, 0.3) is 0 Å². The average Bonchev–Trinajstić information content (AvgIpc) is 1.96. The first-order valence-electron chi connectivity index (χ1n) is 4.60. The Hall–Kier alpha value is -0.0800. The van der Waals surface area contributed by atoms with Crippen LogP contribution in [0.4, 0.5) is 0 Å². The molecule has 0 aliphatic heterocycles. The highest BCUT2D eigenvalue weighted by Crippen LogP contribution is 2.26. The number of hydrogen-bond donors (Lipinski definition) is 1. The van der Waals surface area contributed by atoms with Crippen molar-refractivity contribution in [2.75, 3.05) is 6.54 Å². The molecule has 1 fully saturated rings. The molecule has 1 N–H and O–H groups in total. The Bertz CT molecular complexity index is 125. The molecule has 2 nitrogen and oxygen atoms in total. The van der Waals surface area contributed by atoms with Crippen LogP contribution in [0.15, 0.2) is 0 Å². The molecule has 1 rings (SSSR count). The van der Waals surface area contributed by atoms with Crippen LogP contribution in [-0.2, 0) is 0 Å². The number of likely N-dealkylation sites (N-methyl/N-ethyl adjacent to an activating group) is 1. The number of aliphatic hydroxyl groups excluding tert-OH is 1. The van der Waals surface area contributed by atoms with Gasteiger partial charge in [-0.15, -0.1) is 0 Å². The number of aliphatic hydroxyl groups is 1. The van der Waals surface area contributed by atoms with Gasteiger partial charge < -0.3 is 5.11 Å². The van der Waals surface area contributed by atoms with Gasteiger partial charge in [0.2, 0.25) is 0 Å². The highest BCUT2D eigenvalue weighted by molar-refractivity contribution is 4.89. The van der Waals surface area contributed by atoms with Gasteiger partial charge in [-0.05, 0) is 33.2 Å². The van der Waals surface area contributed by atoms with Crippen LogP contribution in [0.2, 0.25) is 0 Å². The monoisotopic (exact) mass is 157 g/mol. The highest BCUT2D eigenvalue weighted by atomic mass is 16.3. The van der Waals surface area contributed by atoms with Crippen molar-refractivity contribution in [2.24, 2.45) is 0 Å². The van der Waals surface area contributed by atoms with Crippen molar-refractivity contribution >= 4 is 0 Å². The van der Waals surface area contributed by atoms with Crippen molar-refractivity contribution in [3.63, 3.8) is 0 Å². The van der Waals surface area contributed by atoms with Crippen LogP contribution >= 0.6 is 0 Å². The van der Waals surface area contributed by atoms with Crippen LogP contribution in [0.25, 0.3) is 0 Å². The quantitative estimate of drug-likeness (QED) is 0.666. The summed E-state index contributed by atoms with van der Waals surface area (Å²) >= 11 is 0. The first kappa shape index (κ1) is 9.01. The molecule has 2 atom stereocenters. The molecule has 0 heterocycles. The molecule has 0 spiro atoms. The SMILES string of the molecule is CCN(C(C)C)C1CCC1O. The van der Waals surface area contributed by atoms with Crippen LogP contribution in [0.3, 0.4) is 0 Å². The van der Waals surface area contributed by atoms with Gasteiger partial charge in [-0.3, -0.25) is 4.90 Å². The summed E-state index contributed by atoms with van der Waals surface area (Å²) in [6.45, 7) is 7.59. The van der Waals surface area contributed by atoms with Crippen LogP contribution < -0.4 is 0 Å². The van der Waals surface area contributed by atoms with Crippen LogP contribution in [-0.4, -0.2) is 34.7 Å². The lowest BCUT2D eigenvalue weighted by molar-refractivity contribution is -0.0317. The summed E-state index contributed by atoms with van der Waals surface area (Å²) in [6.07, 6.45) is 2.11. The molecule has 0 aromatic rings. The fourth-order valence-corrected chi connectivity index (χ4v) is 1.83. The molecule has 0 bridgehead atoms. The van der Waals surface area contributed by atoms with E-state index in [0.29, 0.717) is 12.1 Å². The van der Waals surface area contributed by atoms with Crippen molar-refractivity contribution in [1.82, 2.24) is 4.90 Å². The molecule has 11 heavy (non-hydrogen) atoms. The number of hydrogen-bond acceptors (Lipinski definition) is 2. The molecule has 1 saturated carbocycles. The summed E-state index contributed by atoms with van der Waals surface area (Å²) in [4.78, 5) is 2.37. The number of rotatable bonds is 3. The second-order valence-corrected chi connectivity index (χ2v) is 3.64. The first-order valence-corrected chi connectivity index (χ1v) is 4.60. The molecule has 0 aromatic carbocycles. The summed E-state index contributed by atoms with van der Waals surface area (Å²) in [5, 5.41) is 9.42. The van der Waals surface area contributed by atoms with Crippen LogP contribution in [0.5, 0.6) is 0 Å². The fraction of sp³-hybridized carbons (Fsp3) is 1.00. The minimum Gasteiger partial charge on any atom is -0.391 e. The molecular formula is C9H19NO. The van der Waals surface area contributed by atoms with Gasteiger partial charge in [0.05, 0.1) is 6.10 Å². The van der Waals surface area contributed by atoms with E-state index in [9.17, 15) is 5.11 Å². The van der Waals surface area contributed by atoms with E-state index in [1.165, 1.54) is 6.42 Å². The molecule has 0 aromatic heterocycles. The second-order valence-electron chi connectivity index (χ2n) is 3.64. The second kappa shape index (κ2) is 3.55. The van der Waals surface area contributed by atoms with Gasteiger partial charge in [0, 0.05) is 12.1 Å². The van der Waals surface area contributed by atoms with Gasteiger partial charge in [-0.2, -0.15) is 0 Å². The summed E-state index contributed by atoms with van der Waals surface area (Å²) in [6, 6.07) is 1.01. The van der Waals surface area contributed by atoms with E-state index >= 15 is 0 Å². The molecule has 1 aliphatic carbocycles. The van der Waals surface area contributed by atoms with Gasteiger partial charge >= 0.3 is 0 Å². The summed E-state index contributed by atoms with van der Waals surface area (Å²) in [5.41, 5.74) is 0. The Morgan fingerprint density at radius 3 is 2.18 bits per heavy atom. The zero-order valence-electron chi connectivity index (χ0n) is 7.75. The maximum absolute atomic E-state index is 9.42. The Balaban J connectivity index is 2.41. The van der Waals surface area contributed by atoms with Crippen molar-refractivity contribution in [1.29, 1.82) is 0 Å². The van der Waals surface area contributed by atoms with Gasteiger partial charge in [0.15, 0.2) is 0 Å². The Morgan fingerprint density at radius 1 is 1.45 bits per heavy atom. The van der Waals surface area contributed by atoms with Crippen molar-refractivity contribution < 1.29 is 5.11 Å². The Kier molecular flexibility index (Phi) is 2.90. The minimum absolute atomic E-state index is 0.0580. The Morgan fingerprint density at radius 2 is 2.09 bits per heavy atom. The van der Waals surface area contributed by atoms with Crippen molar-refractivity contribution in [3.8, 4) is 0 Å². The largest absolute Gasteiger partial charge is 0.391 e. The first-order chi connectivity index (χ1) is 5.16. The van der Waals surface area contributed by atoms with Crippen LogP contribution in [0.1, 0.15) is 33.6 Å². The van der Waals surface area contributed by atoms with E-state index in [4.69, 9.17) is 0 Å². The molecule has 0 radical (unpaired) electrons. The van der Waals surface area contributed by atoms with E-state index in [-0.39, 0.29) is 6.10 Å². The maximum Gasteiger partial charge on any atom is 0.0696 e. The number of nitrogens with zero attached hydrogens (tertiary/aromatic N) is 1. The van der Waals surface area contributed by atoms with Gasteiger partial charge in [-0.25, -0.2) is 0 Å². The predicted molar refractivity (Wildman–Crippen MR) is 46.5 cm³/mol. The lowest BCUT2D eigenvalue weighted by Gasteiger charge is -2.43. The third-order valence-electron chi connectivity index (χ3n) is 2.66. The summed E-state index contributed by atoms with van der Waals surface area (Å²) in [5.74, 6) is 0. The van der Waals surface area contributed by atoms with Gasteiger partial charge in [0.1, 0.15) is 0 Å². The van der Waals surface area contributed by atoms with E-state index in [0.717, 1.165) is 13.0 Å². The predicted octanol–water partition coefficient (Wildman–Crippen LogP) is 1.24. The van der Waals surface area contributed by atoms with Gasteiger partial charge in [-0.1, -0.05) is 6.92 Å². The molecule has 0 amide bonds. The molecule has 2 heteroatoms. The van der Waals surface area contributed by atoms with E-state index in [2.05, 4.69) is 25.7 Å². The third-order valence-corrected chi connectivity index (χ3v) is 2.66. The molecule has 1 aliphatic rings. The summed E-state index contributed by atoms with van der Waals surface area (Å²) < 4.78 is 0. The topological polar surface area (TPSA) is 23.5 Å². The van der Waals surface area contributed by atoms with E-state index in [1.54, 1.807) is 0 Å². The fourth-order valence-electron chi connectivity index (χ4n) is 1.83. The van der Waals surface area contributed by atoms with Crippen molar-refractivity contribution in [3.05, 3.63) is 0 Å². The maximum atomic E-state index is 9.42. The lowest BCUT2D eigenvalue weighted by Crippen LogP contribution is -2.52.